The van der Waals surface area contributed by atoms with Crippen LogP contribution in [0.1, 0.15) is 55.1 Å². The van der Waals surface area contributed by atoms with Gasteiger partial charge in [-0.05, 0) is 77.4 Å². The van der Waals surface area contributed by atoms with Crippen LogP contribution in [-0.2, 0) is 6.42 Å². The first-order valence-electron chi connectivity index (χ1n) is 13.1. The van der Waals surface area contributed by atoms with Gasteiger partial charge >= 0.3 is 0 Å². The summed E-state index contributed by atoms with van der Waals surface area (Å²) in [4.78, 5) is 5.16. The highest BCUT2D eigenvalue weighted by Gasteiger charge is 2.22. The highest BCUT2D eigenvalue weighted by atomic mass is 15.2. The van der Waals surface area contributed by atoms with Crippen molar-refractivity contribution >= 4 is 17.2 Å². The fourth-order valence-electron chi connectivity index (χ4n) is 4.96. The Hall–Kier alpha value is -3.85. The van der Waals surface area contributed by atoms with E-state index >= 15 is 0 Å². The van der Waals surface area contributed by atoms with Gasteiger partial charge in [0.15, 0.2) is 0 Å². The van der Waals surface area contributed by atoms with Crippen LogP contribution >= 0.6 is 0 Å². The van der Waals surface area contributed by atoms with Crippen molar-refractivity contribution in [3.63, 3.8) is 0 Å². The van der Waals surface area contributed by atoms with E-state index < -0.39 is 0 Å². The Morgan fingerprint density at radius 3 is 2.36 bits per heavy atom. The number of amidine groups is 1. The molecule has 1 heterocycles. The number of nitrogens with zero attached hydrogens (tertiary/aromatic N) is 1. The second-order valence-corrected chi connectivity index (χ2v) is 9.71. The molecule has 0 bridgehead atoms. The number of hydrogen-bond donors (Lipinski definition) is 2. The summed E-state index contributed by atoms with van der Waals surface area (Å²) in [6.45, 7) is 6.80. The summed E-state index contributed by atoms with van der Waals surface area (Å²) < 4.78 is 0. The van der Waals surface area contributed by atoms with Crippen LogP contribution in [0.25, 0.3) is 11.1 Å². The zero-order valence-corrected chi connectivity index (χ0v) is 21.5. The summed E-state index contributed by atoms with van der Waals surface area (Å²) in [7, 11) is 0. The van der Waals surface area contributed by atoms with Crippen molar-refractivity contribution in [3.05, 3.63) is 119 Å². The maximum atomic E-state index is 5.16. The summed E-state index contributed by atoms with van der Waals surface area (Å²) >= 11 is 0. The van der Waals surface area contributed by atoms with Crippen molar-refractivity contribution in [1.29, 1.82) is 0 Å². The number of para-hydroxylation sites is 1. The number of anilines is 2. The molecule has 0 saturated heterocycles. The van der Waals surface area contributed by atoms with Gasteiger partial charge in [0.2, 0.25) is 0 Å². The third kappa shape index (κ3) is 5.21. The topological polar surface area (TPSA) is 36.4 Å². The number of nitrogens with one attached hydrogen (secondary N) is 2. The molecular weight excluding hydrogens is 438 g/mol. The molecule has 2 N–H and O–H groups in total. The van der Waals surface area contributed by atoms with Crippen molar-refractivity contribution in [2.45, 2.75) is 46.2 Å². The van der Waals surface area contributed by atoms with Gasteiger partial charge in [0.05, 0.1) is 0 Å². The minimum absolute atomic E-state index is 0.166. The molecule has 3 nitrogen and oxygen atoms in total. The van der Waals surface area contributed by atoms with E-state index in [9.17, 15) is 0 Å². The van der Waals surface area contributed by atoms with Crippen molar-refractivity contribution < 1.29 is 0 Å². The van der Waals surface area contributed by atoms with Gasteiger partial charge in [0.25, 0.3) is 0 Å². The van der Waals surface area contributed by atoms with Crippen LogP contribution in [-0.4, -0.2) is 5.84 Å². The Morgan fingerprint density at radius 1 is 0.806 bits per heavy atom. The average molecular weight is 474 g/mol. The molecule has 1 aliphatic heterocycles. The van der Waals surface area contributed by atoms with Crippen LogP contribution in [0.15, 0.2) is 102 Å². The SMILES string of the molecule is CCC(CC)Cc1cc(NC2=NC(c3cccc(-c4ccccc4)c3)Nc3ccccc32)ccc1C. The van der Waals surface area contributed by atoms with E-state index in [1.54, 1.807) is 0 Å². The maximum absolute atomic E-state index is 5.16. The molecule has 36 heavy (non-hydrogen) atoms. The zero-order valence-electron chi connectivity index (χ0n) is 21.5. The Balaban J connectivity index is 1.47. The lowest BCUT2D eigenvalue weighted by Crippen LogP contribution is -2.25. The van der Waals surface area contributed by atoms with Crippen LogP contribution in [0.5, 0.6) is 0 Å². The molecule has 182 valence electrons. The number of hydrogen-bond acceptors (Lipinski definition) is 3. The second kappa shape index (κ2) is 10.8. The molecule has 0 aliphatic carbocycles. The molecule has 4 aromatic rings. The second-order valence-electron chi connectivity index (χ2n) is 9.71. The van der Waals surface area contributed by atoms with E-state index in [0.29, 0.717) is 0 Å². The average Bonchev–Trinajstić information content (AvgIpc) is 2.93. The van der Waals surface area contributed by atoms with Crippen LogP contribution in [0.3, 0.4) is 0 Å². The van der Waals surface area contributed by atoms with Crippen LogP contribution in [0.4, 0.5) is 11.4 Å². The standard InChI is InChI=1S/C33H35N3/c1-4-24(5-2)20-28-22-29(19-18-23(28)3)34-33-30-16-9-10-17-31(30)35-32(36-33)27-15-11-14-26(21-27)25-12-7-6-8-13-25/h6-19,21-22,24,32,35H,4-5,20H2,1-3H3,(H,34,36). The normalized spacial score (nSPS) is 14.7. The van der Waals surface area contributed by atoms with Gasteiger partial charge in [-0.2, -0.15) is 0 Å². The Morgan fingerprint density at radius 2 is 1.56 bits per heavy atom. The van der Waals surface area contributed by atoms with Crippen LogP contribution in [0.2, 0.25) is 0 Å². The van der Waals surface area contributed by atoms with Gasteiger partial charge in [-0.25, -0.2) is 4.99 Å². The smallest absolute Gasteiger partial charge is 0.147 e. The van der Waals surface area contributed by atoms with Crippen LogP contribution < -0.4 is 10.6 Å². The Kier molecular flexibility index (Phi) is 7.18. The number of aryl methyl sites for hydroxylation is 1. The first kappa shape index (κ1) is 23.9. The molecule has 0 amide bonds. The van der Waals surface area contributed by atoms with Gasteiger partial charge in [0, 0.05) is 16.9 Å². The summed E-state index contributed by atoms with van der Waals surface area (Å²) in [5, 5.41) is 7.31. The number of benzene rings is 4. The molecule has 0 aromatic heterocycles. The number of fused-ring (bicyclic) bond motifs is 1. The van der Waals surface area contributed by atoms with Crippen molar-refractivity contribution in [3.8, 4) is 11.1 Å². The molecule has 3 heteroatoms. The molecule has 1 unspecified atom stereocenters. The van der Waals surface area contributed by atoms with E-state index in [4.69, 9.17) is 4.99 Å². The third-order valence-electron chi connectivity index (χ3n) is 7.32. The molecule has 4 aromatic carbocycles. The van der Waals surface area contributed by atoms with E-state index in [1.807, 2.05) is 0 Å². The predicted molar refractivity (Wildman–Crippen MR) is 154 cm³/mol. The zero-order chi connectivity index (χ0) is 24.9. The van der Waals surface area contributed by atoms with Crippen molar-refractivity contribution in [2.24, 2.45) is 10.9 Å². The van der Waals surface area contributed by atoms with Gasteiger partial charge in [-0.1, -0.05) is 93.4 Å². The van der Waals surface area contributed by atoms with Crippen molar-refractivity contribution in [2.75, 3.05) is 10.6 Å². The predicted octanol–water partition coefficient (Wildman–Crippen LogP) is 8.62. The lowest BCUT2D eigenvalue weighted by Gasteiger charge is -2.27. The largest absolute Gasteiger partial charge is 0.359 e. The molecule has 0 fully saturated rings. The molecule has 0 saturated carbocycles. The molecule has 0 radical (unpaired) electrons. The quantitative estimate of drug-likeness (QED) is 0.282. The lowest BCUT2D eigenvalue weighted by atomic mass is 9.92. The summed E-state index contributed by atoms with van der Waals surface area (Å²) in [5.74, 6) is 1.62. The number of rotatable bonds is 7. The monoisotopic (exact) mass is 473 g/mol. The van der Waals surface area contributed by atoms with Crippen molar-refractivity contribution in [1.82, 2.24) is 0 Å². The number of aliphatic imine (C=N–C) groups is 1. The summed E-state index contributed by atoms with van der Waals surface area (Å²) in [6.07, 6.45) is 3.38. The first-order valence-corrected chi connectivity index (χ1v) is 13.1. The lowest BCUT2D eigenvalue weighted by molar-refractivity contribution is 0.489. The van der Waals surface area contributed by atoms with E-state index in [0.717, 1.165) is 40.7 Å². The Bertz CT molecular complexity index is 1350. The highest BCUT2D eigenvalue weighted by Crippen LogP contribution is 2.32. The molecule has 0 spiro atoms. The highest BCUT2D eigenvalue weighted by molar-refractivity contribution is 6.12. The fourth-order valence-corrected chi connectivity index (χ4v) is 4.96. The third-order valence-corrected chi connectivity index (χ3v) is 7.32. The Labute approximate surface area is 215 Å². The van der Waals surface area contributed by atoms with E-state index in [2.05, 4.69) is 128 Å². The minimum Gasteiger partial charge on any atom is -0.359 e. The van der Waals surface area contributed by atoms with Crippen LogP contribution in [0, 0.1) is 12.8 Å². The molecule has 1 atom stereocenters. The summed E-state index contributed by atoms with van der Waals surface area (Å²) in [6, 6.07) is 34.3. The minimum atomic E-state index is -0.166. The van der Waals surface area contributed by atoms with E-state index in [1.165, 1.54) is 35.1 Å². The van der Waals surface area contributed by atoms with Gasteiger partial charge in [0.1, 0.15) is 12.0 Å². The fraction of sp³-hybridized carbons (Fsp3) is 0.242. The first-order chi connectivity index (χ1) is 17.6. The summed E-state index contributed by atoms with van der Waals surface area (Å²) in [5.41, 5.74) is 9.60. The maximum Gasteiger partial charge on any atom is 0.147 e. The van der Waals surface area contributed by atoms with E-state index in [-0.39, 0.29) is 6.17 Å². The molecular formula is C33H35N3. The van der Waals surface area contributed by atoms with Gasteiger partial charge in [-0.15, -0.1) is 0 Å². The van der Waals surface area contributed by atoms with Gasteiger partial charge < -0.3 is 10.6 Å². The van der Waals surface area contributed by atoms with Gasteiger partial charge in [-0.3, -0.25) is 0 Å². The molecule has 5 rings (SSSR count). The molecule has 1 aliphatic rings.